The molecule has 0 aromatic carbocycles. The molecule has 0 spiro atoms. The lowest BCUT2D eigenvalue weighted by molar-refractivity contribution is 0.00717. The van der Waals surface area contributed by atoms with Crippen molar-refractivity contribution in [1.29, 1.82) is 0 Å². The van der Waals surface area contributed by atoms with Crippen LogP contribution < -0.4 is 10.6 Å². The lowest BCUT2D eigenvalue weighted by atomic mass is 9.85. The molecule has 5 nitrogen and oxygen atoms in total. The van der Waals surface area contributed by atoms with Crippen molar-refractivity contribution in [3.63, 3.8) is 0 Å². The molecule has 21 heavy (non-hydrogen) atoms. The average Bonchev–Trinajstić information content (AvgIpc) is 2.43. The van der Waals surface area contributed by atoms with Gasteiger partial charge in [0, 0.05) is 19.7 Å². The number of aliphatic hydroxyl groups is 2. The summed E-state index contributed by atoms with van der Waals surface area (Å²) in [4.78, 5) is 11.8. The molecular weight excluding hydrogens is 268 g/mol. The first-order valence-electron chi connectivity index (χ1n) is 8.30. The highest BCUT2D eigenvalue weighted by molar-refractivity contribution is 5.73. The molecule has 124 valence electrons. The second kappa shape index (κ2) is 9.26. The molecule has 1 aliphatic carbocycles. The Balaban J connectivity index is 2.25. The Labute approximate surface area is 128 Å². The Kier molecular flexibility index (Phi) is 8.04. The van der Waals surface area contributed by atoms with E-state index in [1.165, 1.54) is 6.42 Å². The van der Waals surface area contributed by atoms with E-state index >= 15 is 0 Å². The zero-order valence-corrected chi connectivity index (χ0v) is 13.5. The standard InChI is InChI=1S/C16H32N2O3/c1-13(2)10-14(6-9-19)11-17-15(20)18-12-16(21)7-4-3-5-8-16/h13-14,19,21H,3-12H2,1-2H3,(H2,17,18,20). The molecular formula is C16H32N2O3. The van der Waals surface area contributed by atoms with Gasteiger partial charge < -0.3 is 20.8 Å². The van der Waals surface area contributed by atoms with Crippen LogP contribution in [0.15, 0.2) is 0 Å². The van der Waals surface area contributed by atoms with Gasteiger partial charge in [-0.15, -0.1) is 0 Å². The molecule has 1 rings (SSSR count). The molecule has 1 saturated carbocycles. The Bertz CT molecular complexity index is 302. The number of aliphatic hydroxyl groups excluding tert-OH is 1. The number of hydrogen-bond acceptors (Lipinski definition) is 3. The SMILES string of the molecule is CC(C)CC(CCO)CNC(=O)NCC1(O)CCCCC1. The minimum Gasteiger partial charge on any atom is -0.396 e. The van der Waals surface area contributed by atoms with Crippen LogP contribution in [-0.4, -0.2) is 41.5 Å². The van der Waals surface area contributed by atoms with Gasteiger partial charge in [-0.3, -0.25) is 0 Å². The first kappa shape index (κ1) is 18.2. The monoisotopic (exact) mass is 300 g/mol. The molecule has 1 unspecified atom stereocenters. The Morgan fingerprint density at radius 3 is 2.43 bits per heavy atom. The highest BCUT2D eigenvalue weighted by Gasteiger charge is 2.29. The van der Waals surface area contributed by atoms with Crippen molar-refractivity contribution in [2.45, 2.75) is 64.4 Å². The molecule has 1 fully saturated rings. The van der Waals surface area contributed by atoms with Crippen molar-refractivity contribution in [1.82, 2.24) is 10.6 Å². The van der Waals surface area contributed by atoms with Gasteiger partial charge >= 0.3 is 6.03 Å². The van der Waals surface area contributed by atoms with Crippen LogP contribution in [0, 0.1) is 11.8 Å². The second-order valence-electron chi connectivity index (χ2n) is 6.86. The van der Waals surface area contributed by atoms with Gasteiger partial charge in [-0.25, -0.2) is 4.79 Å². The third-order valence-electron chi connectivity index (χ3n) is 4.26. The predicted molar refractivity (Wildman–Crippen MR) is 84.1 cm³/mol. The van der Waals surface area contributed by atoms with E-state index in [0.717, 1.165) is 32.1 Å². The Hall–Kier alpha value is -0.810. The van der Waals surface area contributed by atoms with Crippen molar-refractivity contribution < 1.29 is 15.0 Å². The van der Waals surface area contributed by atoms with Crippen LogP contribution >= 0.6 is 0 Å². The highest BCUT2D eigenvalue weighted by atomic mass is 16.3. The van der Waals surface area contributed by atoms with Crippen molar-refractivity contribution in [3.05, 3.63) is 0 Å². The third kappa shape index (κ3) is 7.67. The van der Waals surface area contributed by atoms with Crippen molar-refractivity contribution in [3.8, 4) is 0 Å². The van der Waals surface area contributed by atoms with E-state index in [1.807, 2.05) is 0 Å². The van der Waals surface area contributed by atoms with E-state index in [0.29, 0.717) is 31.3 Å². The van der Waals surface area contributed by atoms with Crippen molar-refractivity contribution >= 4 is 6.03 Å². The van der Waals surface area contributed by atoms with E-state index in [-0.39, 0.29) is 12.6 Å². The molecule has 0 aromatic rings. The van der Waals surface area contributed by atoms with Gasteiger partial charge in [0.2, 0.25) is 0 Å². The van der Waals surface area contributed by atoms with E-state index in [9.17, 15) is 9.90 Å². The maximum atomic E-state index is 11.8. The summed E-state index contributed by atoms with van der Waals surface area (Å²) in [6.07, 6.45) is 6.49. The smallest absolute Gasteiger partial charge is 0.314 e. The number of amides is 2. The van der Waals surface area contributed by atoms with Crippen molar-refractivity contribution in [2.75, 3.05) is 19.7 Å². The number of carbonyl (C=O) groups excluding carboxylic acids is 1. The number of nitrogens with one attached hydrogen (secondary N) is 2. The molecule has 0 saturated heterocycles. The maximum Gasteiger partial charge on any atom is 0.314 e. The van der Waals surface area contributed by atoms with Crippen LogP contribution in [-0.2, 0) is 0 Å². The fraction of sp³-hybridized carbons (Fsp3) is 0.938. The zero-order valence-electron chi connectivity index (χ0n) is 13.5. The van der Waals surface area contributed by atoms with Gasteiger partial charge in [-0.05, 0) is 37.5 Å². The van der Waals surface area contributed by atoms with Gasteiger partial charge in [0.15, 0.2) is 0 Å². The van der Waals surface area contributed by atoms with E-state index < -0.39 is 5.60 Å². The summed E-state index contributed by atoms with van der Waals surface area (Å²) < 4.78 is 0. The minimum absolute atomic E-state index is 0.153. The fourth-order valence-electron chi connectivity index (χ4n) is 3.08. The lowest BCUT2D eigenvalue weighted by Gasteiger charge is -2.32. The summed E-state index contributed by atoms with van der Waals surface area (Å²) in [5.41, 5.74) is -0.724. The van der Waals surface area contributed by atoms with E-state index in [4.69, 9.17) is 5.11 Å². The van der Waals surface area contributed by atoms with Crippen LogP contribution in [0.25, 0.3) is 0 Å². The molecule has 0 radical (unpaired) electrons. The Morgan fingerprint density at radius 2 is 1.86 bits per heavy atom. The highest BCUT2D eigenvalue weighted by Crippen LogP contribution is 2.27. The molecule has 5 heteroatoms. The fourth-order valence-corrected chi connectivity index (χ4v) is 3.08. The van der Waals surface area contributed by atoms with Gasteiger partial charge in [0.05, 0.1) is 5.60 Å². The predicted octanol–water partition coefficient (Wildman–Crippen LogP) is 2.03. The van der Waals surface area contributed by atoms with Crippen LogP contribution in [0.3, 0.4) is 0 Å². The summed E-state index contributed by atoms with van der Waals surface area (Å²) >= 11 is 0. The molecule has 1 aliphatic rings. The molecule has 2 amide bonds. The normalized spacial score (nSPS) is 19.3. The molecule has 0 bridgehead atoms. The quantitative estimate of drug-likeness (QED) is 0.553. The van der Waals surface area contributed by atoms with E-state index in [2.05, 4.69) is 24.5 Å². The summed E-state index contributed by atoms with van der Waals surface area (Å²) in [5.74, 6) is 0.855. The second-order valence-corrected chi connectivity index (χ2v) is 6.86. The topological polar surface area (TPSA) is 81.6 Å². The average molecular weight is 300 g/mol. The van der Waals surface area contributed by atoms with Crippen LogP contribution in [0.4, 0.5) is 4.79 Å². The summed E-state index contributed by atoms with van der Waals surface area (Å²) in [7, 11) is 0. The molecule has 0 aliphatic heterocycles. The van der Waals surface area contributed by atoms with Crippen LogP contribution in [0.2, 0.25) is 0 Å². The summed E-state index contributed by atoms with van der Waals surface area (Å²) in [6.45, 7) is 5.34. The van der Waals surface area contributed by atoms with E-state index in [1.54, 1.807) is 0 Å². The van der Waals surface area contributed by atoms with Gasteiger partial charge in [0.1, 0.15) is 0 Å². The third-order valence-corrected chi connectivity index (χ3v) is 4.26. The molecule has 1 atom stereocenters. The summed E-state index contributed by atoms with van der Waals surface area (Å²) in [6, 6.07) is -0.222. The molecule has 4 N–H and O–H groups in total. The minimum atomic E-state index is -0.724. The first-order valence-corrected chi connectivity index (χ1v) is 8.30. The number of urea groups is 1. The van der Waals surface area contributed by atoms with Gasteiger partial charge in [-0.1, -0.05) is 33.1 Å². The largest absolute Gasteiger partial charge is 0.396 e. The van der Waals surface area contributed by atoms with Gasteiger partial charge in [0.25, 0.3) is 0 Å². The number of hydrogen-bond donors (Lipinski definition) is 4. The zero-order chi connectivity index (χ0) is 15.7. The first-order chi connectivity index (χ1) is 9.95. The van der Waals surface area contributed by atoms with Gasteiger partial charge in [-0.2, -0.15) is 0 Å². The lowest BCUT2D eigenvalue weighted by Crippen LogP contribution is -2.48. The van der Waals surface area contributed by atoms with Crippen LogP contribution in [0.1, 0.15) is 58.8 Å². The number of rotatable bonds is 8. The number of carbonyl (C=O) groups is 1. The molecule has 0 aromatic heterocycles. The van der Waals surface area contributed by atoms with Crippen LogP contribution in [0.5, 0.6) is 0 Å². The maximum absolute atomic E-state index is 11.8. The molecule has 0 heterocycles. The Morgan fingerprint density at radius 1 is 1.19 bits per heavy atom. The summed E-state index contributed by atoms with van der Waals surface area (Å²) in [5, 5.41) is 25.0. The van der Waals surface area contributed by atoms with Crippen molar-refractivity contribution in [2.24, 2.45) is 11.8 Å².